The second-order valence-electron chi connectivity index (χ2n) is 8.03. The topological polar surface area (TPSA) is 103 Å². The van der Waals surface area contributed by atoms with Crippen LogP contribution in [0.15, 0.2) is 47.5 Å². The number of carbonyl (C=O) groups excluding carboxylic acids is 1. The van der Waals surface area contributed by atoms with Crippen LogP contribution < -0.4 is 16.0 Å². The van der Waals surface area contributed by atoms with E-state index in [9.17, 15) is 9.59 Å². The van der Waals surface area contributed by atoms with Crippen LogP contribution in [0.1, 0.15) is 42.5 Å². The Labute approximate surface area is 184 Å². The van der Waals surface area contributed by atoms with E-state index < -0.39 is 12.0 Å². The summed E-state index contributed by atoms with van der Waals surface area (Å²) in [7, 11) is 0. The molecule has 0 heterocycles. The first-order chi connectivity index (χ1) is 14.7. The number of nitrogens with one attached hydrogen (secondary N) is 3. The molecular weight excluding hydrogens is 392 g/mol. The van der Waals surface area contributed by atoms with Crippen molar-refractivity contribution in [3.8, 4) is 0 Å². The molecule has 0 aromatic heterocycles. The van der Waals surface area contributed by atoms with Gasteiger partial charge in [-0.2, -0.15) is 0 Å². The molecule has 2 rings (SSSR count). The van der Waals surface area contributed by atoms with Gasteiger partial charge in [0.15, 0.2) is 0 Å². The van der Waals surface area contributed by atoms with Crippen LogP contribution >= 0.6 is 0 Å². The summed E-state index contributed by atoms with van der Waals surface area (Å²) >= 11 is 0. The Bertz CT molecular complexity index is 921. The van der Waals surface area contributed by atoms with E-state index in [2.05, 4.69) is 47.8 Å². The molecule has 2 aromatic rings. The number of nitrogens with zero attached hydrogens (tertiary/aromatic N) is 1. The maximum Gasteiger partial charge on any atom is 0.321 e. The SMILES string of the molecule is Cc1ccc(CN/C(=N/c2ccc(CC(C)C)c(C)c2)NC(=O)NCCC(=O)O)cc1. The predicted octanol–water partition coefficient (Wildman–Crippen LogP) is 4.05. The van der Waals surface area contributed by atoms with Crippen LogP contribution in [0.25, 0.3) is 0 Å². The van der Waals surface area contributed by atoms with Gasteiger partial charge in [-0.3, -0.25) is 10.1 Å². The summed E-state index contributed by atoms with van der Waals surface area (Å²) in [6.07, 6.45) is 0.853. The Morgan fingerprint density at radius 3 is 2.35 bits per heavy atom. The van der Waals surface area contributed by atoms with Gasteiger partial charge in [0.25, 0.3) is 0 Å². The highest BCUT2D eigenvalue weighted by molar-refractivity contribution is 5.97. The van der Waals surface area contributed by atoms with Gasteiger partial charge in [-0.25, -0.2) is 9.79 Å². The number of rotatable bonds is 8. The zero-order valence-electron chi connectivity index (χ0n) is 18.7. The van der Waals surface area contributed by atoms with Crippen molar-refractivity contribution >= 4 is 23.6 Å². The third kappa shape index (κ3) is 8.90. The van der Waals surface area contributed by atoms with Crippen LogP contribution in [0, 0.1) is 19.8 Å². The van der Waals surface area contributed by atoms with E-state index in [1.807, 2.05) is 43.3 Å². The summed E-state index contributed by atoms with van der Waals surface area (Å²) in [4.78, 5) is 27.4. The van der Waals surface area contributed by atoms with Crippen molar-refractivity contribution in [2.24, 2.45) is 10.9 Å². The Morgan fingerprint density at radius 1 is 1.03 bits per heavy atom. The minimum absolute atomic E-state index is 0.0371. The first-order valence-corrected chi connectivity index (χ1v) is 10.5. The minimum atomic E-state index is -0.969. The summed E-state index contributed by atoms with van der Waals surface area (Å²) < 4.78 is 0. The molecule has 0 saturated carbocycles. The van der Waals surface area contributed by atoms with Gasteiger partial charge < -0.3 is 15.7 Å². The first kappa shape index (κ1) is 23.9. The number of urea groups is 1. The van der Waals surface area contributed by atoms with Crippen molar-refractivity contribution in [2.75, 3.05) is 6.54 Å². The number of amides is 2. The minimum Gasteiger partial charge on any atom is -0.481 e. The summed E-state index contributed by atoms with van der Waals surface area (Å²) in [6, 6.07) is 13.6. The highest BCUT2D eigenvalue weighted by Gasteiger charge is 2.08. The van der Waals surface area contributed by atoms with Crippen LogP contribution in [0.5, 0.6) is 0 Å². The highest BCUT2D eigenvalue weighted by atomic mass is 16.4. The van der Waals surface area contributed by atoms with E-state index in [0.29, 0.717) is 18.4 Å². The fourth-order valence-electron chi connectivity index (χ4n) is 2.99. The number of aliphatic imine (C=N–C) groups is 1. The van der Waals surface area contributed by atoms with Crippen molar-refractivity contribution in [2.45, 2.75) is 47.1 Å². The van der Waals surface area contributed by atoms with E-state index >= 15 is 0 Å². The quantitative estimate of drug-likeness (QED) is 0.379. The maximum absolute atomic E-state index is 12.2. The number of aliphatic carboxylic acids is 1. The van der Waals surface area contributed by atoms with Gasteiger partial charge in [0.05, 0.1) is 12.1 Å². The molecule has 7 heteroatoms. The number of carboxylic acid groups (broad SMARTS) is 1. The molecule has 0 aliphatic rings. The van der Waals surface area contributed by atoms with Crippen LogP contribution in [-0.4, -0.2) is 29.6 Å². The normalized spacial score (nSPS) is 11.3. The van der Waals surface area contributed by atoms with Gasteiger partial charge in [-0.15, -0.1) is 0 Å². The molecule has 0 aliphatic heterocycles. The van der Waals surface area contributed by atoms with Gasteiger partial charge >= 0.3 is 12.0 Å². The third-order valence-corrected chi connectivity index (χ3v) is 4.63. The van der Waals surface area contributed by atoms with Crippen molar-refractivity contribution in [3.63, 3.8) is 0 Å². The maximum atomic E-state index is 12.2. The molecule has 2 aromatic carbocycles. The van der Waals surface area contributed by atoms with E-state index in [4.69, 9.17) is 5.11 Å². The number of benzene rings is 2. The van der Waals surface area contributed by atoms with Gasteiger partial charge in [0.2, 0.25) is 5.96 Å². The van der Waals surface area contributed by atoms with Crippen LogP contribution in [0.2, 0.25) is 0 Å². The van der Waals surface area contributed by atoms with Gasteiger partial charge in [0.1, 0.15) is 0 Å². The van der Waals surface area contributed by atoms with E-state index in [-0.39, 0.29) is 13.0 Å². The fourth-order valence-corrected chi connectivity index (χ4v) is 2.99. The van der Waals surface area contributed by atoms with Crippen LogP contribution in [0.4, 0.5) is 10.5 Å². The van der Waals surface area contributed by atoms with Gasteiger partial charge in [0, 0.05) is 13.1 Å². The monoisotopic (exact) mass is 424 g/mol. The number of hydrogen-bond donors (Lipinski definition) is 4. The first-order valence-electron chi connectivity index (χ1n) is 10.5. The predicted molar refractivity (Wildman–Crippen MR) is 124 cm³/mol. The number of guanidine groups is 1. The Balaban J connectivity index is 2.14. The summed E-state index contributed by atoms with van der Waals surface area (Å²) in [5, 5.41) is 17.1. The molecule has 0 unspecified atom stereocenters. The number of aryl methyl sites for hydroxylation is 2. The van der Waals surface area contributed by atoms with Crippen molar-refractivity contribution in [1.29, 1.82) is 0 Å². The summed E-state index contributed by atoms with van der Waals surface area (Å²) in [5.74, 6) is -0.107. The Morgan fingerprint density at radius 2 is 1.74 bits per heavy atom. The molecule has 166 valence electrons. The lowest BCUT2D eigenvalue weighted by Crippen LogP contribution is -2.46. The van der Waals surface area contributed by atoms with Crippen LogP contribution in [0.3, 0.4) is 0 Å². The second kappa shape index (κ2) is 11.7. The summed E-state index contributed by atoms with van der Waals surface area (Å²) in [5.41, 5.74) is 5.38. The molecule has 2 amide bonds. The van der Waals surface area contributed by atoms with Crippen molar-refractivity contribution in [1.82, 2.24) is 16.0 Å². The van der Waals surface area contributed by atoms with Crippen LogP contribution in [-0.2, 0) is 17.8 Å². The average molecular weight is 425 g/mol. The lowest BCUT2D eigenvalue weighted by atomic mass is 9.98. The average Bonchev–Trinajstić information content (AvgIpc) is 2.69. The Hall–Kier alpha value is -3.35. The smallest absolute Gasteiger partial charge is 0.321 e. The highest BCUT2D eigenvalue weighted by Crippen LogP contribution is 2.20. The van der Waals surface area contributed by atoms with E-state index in [1.54, 1.807) is 0 Å². The molecular formula is C24H32N4O3. The van der Waals surface area contributed by atoms with Gasteiger partial charge in [-0.05, 0) is 55.0 Å². The van der Waals surface area contributed by atoms with E-state index in [0.717, 1.165) is 23.2 Å². The van der Waals surface area contributed by atoms with E-state index in [1.165, 1.54) is 11.1 Å². The fraction of sp³-hybridized carbons (Fsp3) is 0.375. The molecule has 0 bridgehead atoms. The largest absolute Gasteiger partial charge is 0.481 e. The molecule has 0 fully saturated rings. The zero-order valence-corrected chi connectivity index (χ0v) is 18.7. The molecule has 0 spiro atoms. The molecule has 4 N–H and O–H groups in total. The third-order valence-electron chi connectivity index (χ3n) is 4.63. The molecule has 7 nitrogen and oxygen atoms in total. The number of carbonyl (C=O) groups is 2. The molecule has 0 saturated heterocycles. The lowest BCUT2D eigenvalue weighted by molar-refractivity contribution is -0.136. The number of hydrogen-bond acceptors (Lipinski definition) is 3. The number of carboxylic acids is 1. The zero-order chi connectivity index (χ0) is 22.8. The Kier molecular flexibility index (Phi) is 9.06. The summed E-state index contributed by atoms with van der Waals surface area (Å²) in [6.45, 7) is 8.98. The lowest BCUT2D eigenvalue weighted by Gasteiger charge is -2.13. The van der Waals surface area contributed by atoms with Crippen molar-refractivity contribution < 1.29 is 14.7 Å². The molecule has 0 radical (unpaired) electrons. The molecule has 31 heavy (non-hydrogen) atoms. The molecule has 0 atom stereocenters. The van der Waals surface area contributed by atoms with Gasteiger partial charge in [-0.1, -0.05) is 49.7 Å². The second-order valence-corrected chi connectivity index (χ2v) is 8.03. The standard InChI is InChI=1S/C24H32N4O3/c1-16(2)13-20-9-10-21(14-18(20)4)27-23(28-24(31)25-12-11-22(29)30)26-15-19-7-5-17(3)6-8-19/h5-10,14,16H,11-13,15H2,1-4H3,(H,29,30)(H3,25,26,27,28,31). The van der Waals surface area contributed by atoms with Crippen molar-refractivity contribution in [3.05, 3.63) is 64.7 Å². The molecule has 0 aliphatic carbocycles.